The minimum atomic E-state index is -4.54. The Balaban J connectivity index is 1.54. The molecule has 0 N–H and O–H groups in total. The Kier molecular flexibility index (Phi) is 5.72. The lowest BCUT2D eigenvalue weighted by Crippen LogP contribution is -2.35. The molecule has 0 saturated carbocycles. The molecule has 1 aliphatic heterocycles. The van der Waals surface area contributed by atoms with Crippen LogP contribution in [0.3, 0.4) is 0 Å². The van der Waals surface area contributed by atoms with Crippen molar-refractivity contribution in [2.24, 2.45) is 5.92 Å². The standard InChI is InChI=1S/C22H27F3N6O/c1-13(2)17-9-19(22(23,24)25)31-20(27-17)10-18(28-31)16-5-7-30(12-16)21(32)14(3)11-29-8-6-26-15(29)4/h6,8-10,13-14,16H,5,7,11-12H2,1-4H3/t14-,16-/m1/s1. The Bertz CT molecular complexity index is 1130. The number of imidazole rings is 1. The molecule has 4 heterocycles. The monoisotopic (exact) mass is 448 g/mol. The zero-order valence-corrected chi connectivity index (χ0v) is 18.6. The van der Waals surface area contributed by atoms with Crippen molar-refractivity contribution >= 4 is 11.6 Å². The van der Waals surface area contributed by atoms with Crippen LogP contribution in [0.2, 0.25) is 0 Å². The molecule has 172 valence electrons. The summed E-state index contributed by atoms with van der Waals surface area (Å²) < 4.78 is 43.7. The molecule has 32 heavy (non-hydrogen) atoms. The van der Waals surface area contributed by atoms with E-state index in [0.29, 0.717) is 37.4 Å². The normalized spacial score (nSPS) is 18.1. The van der Waals surface area contributed by atoms with Crippen molar-refractivity contribution in [1.29, 1.82) is 0 Å². The number of aryl methyl sites for hydroxylation is 1. The topological polar surface area (TPSA) is 68.3 Å². The second kappa shape index (κ2) is 8.22. The van der Waals surface area contributed by atoms with Crippen LogP contribution in [0.15, 0.2) is 24.5 Å². The fraction of sp³-hybridized carbons (Fsp3) is 0.545. The Labute approximate surface area is 184 Å². The fourth-order valence-electron chi connectivity index (χ4n) is 4.19. The fourth-order valence-corrected chi connectivity index (χ4v) is 4.19. The zero-order valence-electron chi connectivity index (χ0n) is 18.6. The van der Waals surface area contributed by atoms with Gasteiger partial charge in [-0.15, -0.1) is 0 Å². The summed E-state index contributed by atoms with van der Waals surface area (Å²) in [6.45, 7) is 8.92. The number of likely N-dealkylation sites (tertiary alicyclic amines) is 1. The van der Waals surface area contributed by atoms with Crippen molar-refractivity contribution in [3.63, 3.8) is 0 Å². The average molecular weight is 448 g/mol. The third-order valence-electron chi connectivity index (χ3n) is 6.08. The molecule has 2 atom stereocenters. The number of hydrogen-bond acceptors (Lipinski definition) is 4. The summed E-state index contributed by atoms with van der Waals surface area (Å²) in [6, 6.07) is 2.69. The van der Waals surface area contributed by atoms with E-state index in [1.54, 1.807) is 17.2 Å². The molecule has 10 heteroatoms. The molecule has 1 aliphatic rings. The van der Waals surface area contributed by atoms with Gasteiger partial charge in [-0.05, 0) is 25.3 Å². The highest BCUT2D eigenvalue weighted by Crippen LogP contribution is 2.33. The Morgan fingerprint density at radius 3 is 2.62 bits per heavy atom. The molecule has 3 aromatic rings. The summed E-state index contributed by atoms with van der Waals surface area (Å²) >= 11 is 0. The first-order valence-corrected chi connectivity index (χ1v) is 10.8. The summed E-state index contributed by atoms with van der Waals surface area (Å²) in [7, 11) is 0. The highest BCUT2D eigenvalue weighted by molar-refractivity contribution is 5.78. The van der Waals surface area contributed by atoms with E-state index < -0.39 is 11.9 Å². The predicted octanol–water partition coefficient (Wildman–Crippen LogP) is 4.03. The molecule has 0 unspecified atom stereocenters. The number of nitrogens with zero attached hydrogens (tertiary/aromatic N) is 6. The third kappa shape index (κ3) is 4.22. The summed E-state index contributed by atoms with van der Waals surface area (Å²) in [5.74, 6) is 0.392. The van der Waals surface area contributed by atoms with Crippen LogP contribution in [0, 0.1) is 12.8 Å². The third-order valence-corrected chi connectivity index (χ3v) is 6.08. The van der Waals surface area contributed by atoms with Crippen LogP contribution >= 0.6 is 0 Å². The van der Waals surface area contributed by atoms with E-state index in [1.165, 1.54) is 0 Å². The maximum Gasteiger partial charge on any atom is 0.433 e. The first-order chi connectivity index (χ1) is 15.0. The van der Waals surface area contributed by atoms with Gasteiger partial charge in [0.2, 0.25) is 5.91 Å². The second-order valence-corrected chi connectivity index (χ2v) is 8.86. The van der Waals surface area contributed by atoms with Crippen LogP contribution in [-0.4, -0.2) is 48.0 Å². The first kappa shape index (κ1) is 22.3. The lowest BCUT2D eigenvalue weighted by atomic mass is 10.1. The number of carbonyl (C=O) groups excluding carboxylic acids is 1. The van der Waals surface area contributed by atoms with Gasteiger partial charge in [-0.2, -0.15) is 18.3 Å². The van der Waals surface area contributed by atoms with Gasteiger partial charge in [-0.25, -0.2) is 14.5 Å². The number of carbonyl (C=O) groups is 1. The summed E-state index contributed by atoms with van der Waals surface area (Å²) in [5.41, 5.74) is 0.278. The molecule has 0 aliphatic carbocycles. The van der Waals surface area contributed by atoms with Gasteiger partial charge < -0.3 is 9.47 Å². The van der Waals surface area contributed by atoms with Crippen LogP contribution in [-0.2, 0) is 17.5 Å². The molecule has 0 bridgehead atoms. The van der Waals surface area contributed by atoms with Gasteiger partial charge in [0.15, 0.2) is 5.65 Å². The molecule has 0 aromatic carbocycles. The smallest absolute Gasteiger partial charge is 0.342 e. The van der Waals surface area contributed by atoms with Crippen molar-refractivity contribution in [2.75, 3.05) is 13.1 Å². The molecule has 3 aromatic heterocycles. The summed E-state index contributed by atoms with van der Waals surface area (Å²) in [6.07, 6.45) is -0.327. The largest absolute Gasteiger partial charge is 0.433 e. The minimum absolute atomic E-state index is 0.0283. The van der Waals surface area contributed by atoms with Gasteiger partial charge in [-0.3, -0.25) is 4.79 Å². The molecule has 0 radical (unpaired) electrons. The van der Waals surface area contributed by atoms with Crippen LogP contribution in [0.5, 0.6) is 0 Å². The Morgan fingerprint density at radius 2 is 2.00 bits per heavy atom. The summed E-state index contributed by atoms with van der Waals surface area (Å²) in [4.78, 5) is 23.3. The van der Waals surface area contributed by atoms with E-state index in [2.05, 4.69) is 15.1 Å². The van der Waals surface area contributed by atoms with E-state index in [-0.39, 0.29) is 29.3 Å². The maximum absolute atomic E-state index is 13.6. The molecule has 7 nitrogen and oxygen atoms in total. The minimum Gasteiger partial charge on any atom is -0.342 e. The van der Waals surface area contributed by atoms with E-state index in [1.807, 2.05) is 38.5 Å². The van der Waals surface area contributed by atoms with E-state index in [9.17, 15) is 18.0 Å². The first-order valence-electron chi connectivity index (χ1n) is 10.8. The zero-order chi connectivity index (χ0) is 23.2. The van der Waals surface area contributed by atoms with Gasteiger partial charge in [0.25, 0.3) is 0 Å². The second-order valence-electron chi connectivity index (χ2n) is 8.86. The number of fused-ring (bicyclic) bond motifs is 1. The van der Waals surface area contributed by atoms with E-state index in [4.69, 9.17) is 0 Å². The molecule has 1 amide bonds. The van der Waals surface area contributed by atoms with Gasteiger partial charge in [-0.1, -0.05) is 20.8 Å². The Morgan fingerprint density at radius 1 is 1.25 bits per heavy atom. The highest BCUT2D eigenvalue weighted by Gasteiger charge is 2.37. The Hall–Kier alpha value is -2.91. The number of amides is 1. The predicted molar refractivity (Wildman–Crippen MR) is 112 cm³/mol. The SMILES string of the molecule is Cc1nccn1C[C@@H](C)C(=O)N1CC[C@@H](c2cc3nc(C(C)C)cc(C(F)(F)F)n3n2)C1. The molecule has 1 fully saturated rings. The number of aromatic nitrogens is 5. The lowest BCUT2D eigenvalue weighted by molar-refractivity contribution is -0.142. The number of alkyl halides is 3. The lowest BCUT2D eigenvalue weighted by Gasteiger charge is -2.21. The van der Waals surface area contributed by atoms with Crippen molar-refractivity contribution in [3.8, 4) is 0 Å². The van der Waals surface area contributed by atoms with Gasteiger partial charge in [0.05, 0.1) is 11.6 Å². The van der Waals surface area contributed by atoms with Crippen molar-refractivity contribution in [2.45, 2.75) is 58.7 Å². The van der Waals surface area contributed by atoms with Crippen LogP contribution in [0.25, 0.3) is 5.65 Å². The quantitative estimate of drug-likeness (QED) is 0.591. The molecule has 0 spiro atoms. The van der Waals surface area contributed by atoms with Crippen molar-refractivity contribution in [1.82, 2.24) is 29.0 Å². The van der Waals surface area contributed by atoms with Crippen molar-refractivity contribution < 1.29 is 18.0 Å². The van der Waals surface area contributed by atoms with Gasteiger partial charge >= 0.3 is 6.18 Å². The molecular weight excluding hydrogens is 421 g/mol. The molecule has 1 saturated heterocycles. The van der Waals surface area contributed by atoms with E-state index >= 15 is 0 Å². The number of hydrogen-bond donors (Lipinski definition) is 0. The highest BCUT2D eigenvalue weighted by atomic mass is 19.4. The number of halogens is 3. The van der Waals surface area contributed by atoms with E-state index in [0.717, 1.165) is 16.4 Å². The molecular formula is C22H27F3N6O. The average Bonchev–Trinajstić information content (AvgIpc) is 3.45. The number of rotatable bonds is 5. The summed E-state index contributed by atoms with van der Waals surface area (Å²) in [5, 5.41) is 4.26. The maximum atomic E-state index is 13.6. The molecule has 4 rings (SSSR count). The van der Waals surface area contributed by atoms with Crippen LogP contribution in [0.4, 0.5) is 13.2 Å². The van der Waals surface area contributed by atoms with Crippen LogP contribution < -0.4 is 0 Å². The van der Waals surface area contributed by atoms with Gasteiger partial charge in [0.1, 0.15) is 11.5 Å². The van der Waals surface area contributed by atoms with Crippen LogP contribution in [0.1, 0.15) is 61.9 Å². The van der Waals surface area contributed by atoms with Gasteiger partial charge in [0, 0.05) is 49.7 Å². The van der Waals surface area contributed by atoms with Crippen molar-refractivity contribution in [3.05, 3.63) is 47.4 Å².